The SMILES string of the molecule is COc1cc(N)cc(OC)c1OCCN[C@@H](CC(C)C)C(=O)OC1CCCC1. The fraction of sp³-hybridized carbons (Fsp3) is 0.667. The second-order valence-electron chi connectivity index (χ2n) is 7.58. The molecule has 158 valence electrons. The van der Waals surface area contributed by atoms with E-state index >= 15 is 0 Å². The number of carbonyl (C=O) groups is 1. The van der Waals surface area contributed by atoms with Crippen LogP contribution in [0.5, 0.6) is 17.2 Å². The molecule has 1 saturated carbocycles. The highest BCUT2D eigenvalue weighted by atomic mass is 16.5. The molecule has 7 nitrogen and oxygen atoms in total. The first kappa shape index (κ1) is 22.1. The number of hydrogen-bond donors (Lipinski definition) is 2. The molecule has 0 radical (unpaired) electrons. The Kier molecular flexibility index (Phi) is 8.70. The molecule has 0 saturated heterocycles. The number of ether oxygens (including phenoxy) is 4. The van der Waals surface area contributed by atoms with E-state index < -0.39 is 0 Å². The monoisotopic (exact) mass is 394 g/mol. The van der Waals surface area contributed by atoms with Crippen molar-refractivity contribution in [2.45, 2.75) is 58.1 Å². The Morgan fingerprint density at radius 1 is 1.18 bits per heavy atom. The van der Waals surface area contributed by atoms with E-state index in [4.69, 9.17) is 24.7 Å². The summed E-state index contributed by atoms with van der Waals surface area (Å²) in [5.74, 6) is 1.73. The Morgan fingerprint density at radius 3 is 2.32 bits per heavy atom. The number of nitrogens with two attached hydrogens (primary N) is 1. The predicted molar refractivity (Wildman–Crippen MR) is 109 cm³/mol. The van der Waals surface area contributed by atoms with Crippen molar-refractivity contribution in [3.8, 4) is 17.2 Å². The third-order valence-electron chi connectivity index (χ3n) is 4.80. The van der Waals surface area contributed by atoms with Gasteiger partial charge in [-0.1, -0.05) is 13.8 Å². The van der Waals surface area contributed by atoms with E-state index in [1.54, 1.807) is 26.4 Å². The van der Waals surface area contributed by atoms with Gasteiger partial charge in [-0.25, -0.2) is 0 Å². The van der Waals surface area contributed by atoms with Gasteiger partial charge >= 0.3 is 5.97 Å². The lowest BCUT2D eigenvalue weighted by molar-refractivity contribution is -0.151. The number of anilines is 1. The van der Waals surface area contributed by atoms with Gasteiger partial charge in [0.25, 0.3) is 0 Å². The Hall–Kier alpha value is -2.15. The third-order valence-corrected chi connectivity index (χ3v) is 4.80. The Bertz CT molecular complexity index is 604. The van der Waals surface area contributed by atoms with Crippen molar-refractivity contribution in [2.24, 2.45) is 5.92 Å². The summed E-state index contributed by atoms with van der Waals surface area (Å²) >= 11 is 0. The molecule has 7 heteroatoms. The highest BCUT2D eigenvalue weighted by Crippen LogP contribution is 2.39. The van der Waals surface area contributed by atoms with E-state index in [-0.39, 0.29) is 18.1 Å². The summed E-state index contributed by atoms with van der Waals surface area (Å²) in [5.41, 5.74) is 6.37. The number of nitrogen functional groups attached to an aromatic ring is 1. The van der Waals surface area contributed by atoms with Gasteiger partial charge in [-0.05, 0) is 38.0 Å². The van der Waals surface area contributed by atoms with E-state index in [1.807, 2.05) is 0 Å². The van der Waals surface area contributed by atoms with Crippen LogP contribution in [0.2, 0.25) is 0 Å². The standard InChI is InChI=1S/C21H34N2O5/c1-14(2)11-17(21(24)28-16-7-5-6-8-16)23-9-10-27-20-18(25-3)12-15(22)13-19(20)26-4/h12-14,16-17,23H,5-11,22H2,1-4H3/t17-/m0/s1. The van der Waals surface area contributed by atoms with Gasteiger partial charge in [-0.3, -0.25) is 4.79 Å². The maximum absolute atomic E-state index is 12.6. The second-order valence-corrected chi connectivity index (χ2v) is 7.58. The van der Waals surface area contributed by atoms with Crippen LogP contribution in [0.3, 0.4) is 0 Å². The molecule has 0 bridgehead atoms. The lowest BCUT2D eigenvalue weighted by Gasteiger charge is -2.22. The van der Waals surface area contributed by atoms with Crippen molar-refractivity contribution < 1.29 is 23.7 Å². The summed E-state index contributed by atoms with van der Waals surface area (Å²) < 4.78 is 22.2. The number of carbonyl (C=O) groups excluding carboxylic acids is 1. The van der Waals surface area contributed by atoms with Crippen LogP contribution in [0.25, 0.3) is 0 Å². The molecule has 1 atom stereocenters. The van der Waals surface area contributed by atoms with Crippen molar-refractivity contribution in [1.29, 1.82) is 0 Å². The molecule has 0 heterocycles. The zero-order chi connectivity index (χ0) is 20.5. The fourth-order valence-electron chi connectivity index (χ4n) is 3.42. The van der Waals surface area contributed by atoms with Gasteiger partial charge in [0.05, 0.1) is 14.2 Å². The van der Waals surface area contributed by atoms with Crippen molar-refractivity contribution in [3.63, 3.8) is 0 Å². The first-order chi connectivity index (χ1) is 13.4. The molecule has 0 spiro atoms. The largest absolute Gasteiger partial charge is 0.493 e. The van der Waals surface area contributed by atoms with Gasteiger partial charge in [0.15, 0.2) is 11.5 Å². The van der Waals surface area contributed by atoms with Crippen LogP contribution in [-0.2, 0) is 9.53 Å². The first-order valence-corrected chi connectivity index (χ1v) is 10.0. The minimum atomic E-state index is -0.334. The summed E-state index contributed by atoms with van der Waals surface area (Å²) in [6, 6.07) is 3.04. The van der Waals surface area contributed by atoms with Crippen molar-refractivity contribution in [2.75, 3.05) is 33.1 Å². The number of benzene rings is 1. The molecule has 0 unspecified atom stereocenters. The van der Waals surface area contributed by atoms with E-state index in [0.29, 0.717) is 42.0 Å². The fourth-order valence-corrected chi connectivity index (χ4v) is 3.42. The highest BCUT2D eigenvalue weighted by molar-refractivity contribution is 5.76. The van der Waals surface area contributed by atoms with Gasteiger partial charge in [0.1, 0.15) is 18.8 Å². The summed E-state index contributed by atoms with van der Waals surface area (Å²) in [7, 11) is 3.11. The quantitative estimate of drug-likeness (QED) is 0.338. The van der Waals surface area contributed by atoms with E-state index in [9.17, 15) is 4.79 Å². The number of rotatable bonds is 11. The summed E-state index contributed by atoms with van der Waals surface area (Å²) in [6.07, 6.45) is 5.02. The minimum absolute atomic E-state index is 0.0727. The molecule has 3 N–H and O–H groups in total. The van der Waals surface area contributed by atoms with Crippen molar-refractivity contribution >= 4 is 11.7 Å². The Labute approximate surface area is 167 Å². The van der Waals surface area contributed by atoms with Crippen LogP contribution in [0, 0.1) is 5.92 Å². The van der Waals surface area contributed by atoms with Gasteiger partial charge in [-0.2, -0.15) is 0 Å². The number of esters is 1. The normalized spacial score (nSPS) is 15.5. The predicted octanol–water partition coefficient (Wildman–Crippen LogP) is 3.15. The lowest BCUT2D eigenvalue weighted by atomic mass is 10.0. The third kappa shape index (κ3) is 6.48. The average molecular weight is 395 g/mol. The number of nitrogens with one attached hydrogen (secondary N) is 1. The van der Waals surface area contributed by atoms with Crippen LogP contribution in [0.1, 0.15) is 46.0 Å². The van der Waals surface area contributed by atoms with Crippen LogP contribution in [0.15, 0.2) is 12.1 Å². The summed E-state index contributed by atoms with van der Waals surface area (Å²) in [4.78, 5) is 12.6. The molecule has 1 aromatic carbocycles. The number of hydrogen-bond acceptors (Lipinski definition) is 7. The second kappa shape index (κ2) is 11.0. The molecule has 28 heavy (non-hydrogen) atoms. The first-order valence-electron chi connectivity index (χ1n) is 10.0. The Morgan fingerprint density at radius 2 is 1.79 bits per heavy atom. The maximum Gasteiger partial charge on any atom is 0.323 e. The molecule has 0 aromatic heterocycles. The van der Waals surface area contributed by atoms with Gasteiger partial charge in [-0.15, -0.1) is 0 Å². The van der Waals surface area contributed by atoms with Crippen LogP contribution >= 0.6 is 0 Å². The molecule has 1 fully saturated rings. The topological polar surface area (TPSA) is 92.0 Å². The van der Waals surface area contributed by atoms with E-state index in [2.05, 4.69) is 19.2 Å². The molecule has 0 aliphatic heterocycles. The molecule has 2 rings (SSSR count). The molecular formula is C21H34N2O5. The van der Waals surface area contributed by atoms with Crippen LogP contribution in [-0.4, -0.2) is 45.5 Å². The molecule has 1 aromatic rings. The maximum atomic E-state index is 12.6. The van der Waals surface area contributed by atoms with Crippen LogP contribution < -0.4 is 25.3 Å². The van der Waals surface area contributed by atoms with Gasteiger partial charge in [0, 0.05) is 24.4 Å². The van der Waals surface area contributed by atoms with Gasteiger partial charge in [0.2, 0.25) is 5.75 Å². The molecule has 1 aliphatic carbocycles. The van der Waals surface area contributed by atoms with E-state index in [0.717, 1.165) is 32.1 Å². The van der Waals surface area contributed by atoms with Gasteiger partial charge < -0.3 is 30.0 Å². The average Bonchev–Trinajstić information content (AvgIpc) is 3.16. The smallest absolute Gasteiger partial charge is 0.323 e. The zero-order valence-electron chi connectivity index (χ0n) is 17.5. The molecule has 0 amide bonds. The summed E-state index contributed by atoms with van der Waals surface area (Å²) in [5, 5.41) is 3.28. The highest BCUT2D eigenvalue weighted by Gasteiger charge is 2.26. The lowest BCUT2D eigenvalue weighted by Crippen LogP contribution is -2.42. The van der Waals surface area contributed by atoms with Crippen molar-refractivity contribution in [1.82, 2.24) is 5.32 Å². The van der Waals surface area contributed by atoms with Crippen molar-refractivity contribution in [3.05, 3.63) is 12.1 Å². The van der Waals surface area contributed by atoms with E-state index in [1.165, 1.54) is 0 Å². The summed E-state index contributed by atoms with van der Waals surface area (Å²) in [6.45, 7) is 5.03. The Balaban J connectivity index is 1.90. The zero-order valence-corrected chi connectivity index (χ0v) is 17.5. The number of methoxy groups -OCH3 is 2. The molecular weight excluding hydrogens is 360 g/mol. The molecule has 1 aliphatic rings. The van der Waals surface area contributed by atoms with Crippen LogP contribution in [0.4, 0.5) is 5.69 Å². The minimum Gasteiger partial charge on any atom is -0.493 e.